The molecule has 0 radical (unpaired) electrons. The summed E-state index contributed by atoms with van der Waals surface area (Å²) in [4.78, 5) is 2.34. The van der Waals surface area contributed by atoms with Crippen LogP contribution in [0.3, 0.4) is 0 Å². The molecule has 0 saturated carbocycles. The SMILES string of the molecule is CCC1CN([C@@H]2COC[C@H]2O)C1. The number of aliphatic hydroxyl groups excluding tert-OH is 1. The average molecular weight is 171 g/mol. The van der Waals surface area contributed by atoms with E-state index in [1.807, 2.05) is 0 Å². The zero-order valence-electron chi connectivity index (χ0n) is 7.57. The van der Waals surface area contributed by atoms with Crippen LogP contribution >= 0.6 is 0 Å². The molecule has 0 aromatic rings. The monoisotopic (exact) mass is 171 g/mol. The Hall–Kier alpha value is -0.120. The maximum atomic E-state index is 9.52. The van der Waals surface area contributed by atoms with Crippen LogP contribution in [0.25, 0.3) is 0 Å². The van der Waals surface area contributed by atoms with Gasteiger partial charge in [-0.25, -0.2) is 0 Å². The lowest BCUT2D eigenvalue weighted by molar-refractivity contribution is 0.00516. The van der Waals surface area contributed by atoms with E-state index in [4.69, 9.17) is 4.74 Å². The van der Waals surface area contributed by atoms with Crippen molar-refractivity contribution >= 4 is 0 Å². The van der Waals surface area contributed by atoms with Gasteiger partial charge in [-0.2, -0.15) is 0 Å². The molecule has 2 atom stereocenters. The van der Waals surface area contributed by atoms with Gasteiger partial charge in [-0.15, -0.1) is 0 Å². The number of likely N-dealkylation sites (tertiary alicyclic amines) is 1. The van der Waals surface area contributed by atoms with Crippen LogP contribution < -0.4 is 0 Å². The minimum atomic E-state index is -0.247. The highest BCUT2D eigenvalue weighted by atomic mass is 16.5. The van der Waals surface area contributed by atoms with Crippen molar-refractivity contribution in [2.24, 2.45) is 5.92 Å². The van der Waals surface area contributed by atoms with Gasteiger partial charge < -0.3 is 9.84 Å². The second kappa shape index (κ2) is 3.32. The summed E-state index contributed by atoms with van der Waals surface area (Å²) < 4.78 is 5.20. The Kier molecular flexibility index (Phi) is 2.35. The zero-order chi connectivity index (χ0) is 8.55. The van der Waals surface area contributed by atoms with Crippen molar-refractivity contribution in [1.29, 1.82) is 0 Å². The van der Waals surface area contributed by atoms with Crippen LogP contribution in [-0.2, 0) is 4.74 Å². The maximum absolute atomic E-state index is 9.52. The summed E-state index contributed by atoms with van der Waals surface area (Å²) in [5, 5.41) is 9.52. The molecule has 0 aromatic heterocycles. The predicted molar refractivity (Wildman–Crippen MR) is 46.0 cm³/mol. The maximum Gasteiger partial charge on any atom is 0.0950 e. The lowest BCUT2D eigenvalue weighted by atomic mass is 9.94. The minimum Gasteiger partial charge on any atom is -0.389 e. The zero-order valence-corrected chi connectivity index (χ0v) is 7.57. The molecule has 0 aromatic carbocycles. The smallest absolute Gasteiger partial charge is 0.0950 e. The summed E-state index contributed by atoms with van der Waals surface area (Å²) in [5.41, 5.74) is 0. The fourth-order valence-electron chi connectivity index (χ4n) is 2.02. The molecule has 2 fully saturated rings. The molecule has 3 nitrogen and oxygen atoms in total. The topological polar surface area (TPSA) is 32.7 Å². The van der Waals surface area contributed by atoms with Crippen molar-refractivity contribution in [2.75, 3.05) is 26.3 Å². The molecule has 70 valence electrons. The summed E-state index contributed by atoms with van der Waals surface area (Å²) in [5.74, 6) is 0.859. The number of hydrogen-bond donors (Lipinski definition) is 1. The van der Waals surface area contributed by atoms with Crippen molar-refractivity contribution in [3.05, 3.63) is 0 Å². The van der Waals surface area contributed by atoms with Gasteiger partial charge in [0.05, 0.1) is 25.4 Å². The highest BCUT2D eigenvalue weighted by Crippen LogP contribution is 2.25. The van der Waals surface area contributed by atoms with Crippen molar-refractivity contribution < 1.29 is 9.84 Å². The van der Waals surface area contributed by atoms with Gasteiger partial charge in [0.15, 0.2) is 0 Å². The number of nitrogens with zero attached hydrogens (tertiary/aromatic N) is 1. The Labute approximate surface area is 73.3 Å². The first-order chi connectivity index (χ1) is 5.81. The standard InChI is InChI=1S/C9H17NO2/c1-2-7-3-10(4-7)8-5-12-6-9(8)11/h7-9,11H,2-6H2,1H3/t8-,9-/m1/s1. The summed E-state index contributed by atoms with van der Waals surface area (Å²) in [6.07, 6.45) is 1.02. The van der Waals surface area contributed by atoms with E-state index in [0.717, 1.165) is 25.6 Å². The third kappa shape index (κ3) is 1.37. The quantitative estimate of drug-likeness (QED) is 0.639. The minimum absolute atomic E-state index is 0.247. The van der Waals surface area contributed by atoms with Crippen LogP contribution in [0.2, 0.25) is 0 Å². The third-order valence-electron chi connectivity index (χ3n) is 3.05. The van der Waals surface area contributed by atoms with Gasteiger partial charge in [0.2, 0.25) is 0 Å². The molecule has 0 spiro atoms. The third-order valence-corrected chi connectivity index (χ3v) is 3.05. The molecule has 2 saturated heterocycles. The lowest BCUT2D eigenvalue weighted by Crippen LogP contribution is -2.55. The van der Waals surface area contributed by atoms with Crippen molar-refractivity contribution in [1.82, 2.24) is 4.90 Å². The number of ether oxygens (including phenoxy) is 1. The highest BCUT2D eigenvalue weighted by Gasteiger charge is 2.37. The molecule has 2 heterocycles. The van der Waals surface area contributed by atoms with Crippen LogP contribution in [0.1, 0.15) is 13.3 Å². The van der Waals surface area contributed by atoms with Crippen LogP contribution in [0.5, 0.6) is 0 Å². The van der Waals surface area contributed by atoms with E-state index in [1.165, 1.54) is 6.42 Å². The fourth-order valence-corrected chi connectivity index (χ4v) is 2.02. The Morgan fingerprint density at radius 3 is 2.67 bits per heavy atom. The molecule has 0 bridgehead atoms. The van der Waals surface area contributed by atoms with Crippen LogP contribution in [0.4, 0.5) is 0 Å². The average Bonchev–Trinajstić information content (AvgIpc) is 2.35. The Bertz CT molecular complexity index is 157. The fraction of sp³-hybridized carbons (Fsp3) is 1.00. The van der Waals surface area contributed by atoms with Crippen LogP contribution in [-0.4, -0.2) is 48.5 Å². The molecule has 2 aliphatic rings. The van der Waals surface area contributed by atoms with E-state index in [9.17, 15) is 5.11 Å². The first-order valence-corrected chi connectivity index (χ1v) is 4.81. The summed E-state index contributed by atoms with van der Waals surface area (Å²) in [6, 6.07) is 0.285. The molecular weight excluding hydrogens is 154 g/mol. The van der Waals surface area contributed by atoms with Gasteiger partial charge in [0.1, 0.15) is 0 Å². The predicted octanol–water partition coefficient (Wildman–Crippen LogP) is 0.0879. The van der Waals surface area contributed by atoms with E-state index in [1.54, 1.807) is 0 Å². The second-order valence-electron chi connectivity index (χ2n) is 3.90. The molecule has 2 aliphatic heterocycles. The molecular formula is C9H17NO2. The number of aliphatic hydroxyl groups is 1. The van der Waals surface area contributed by atoms with Crippen molar-refractivity contribution in [2.45, 2.75) is 25.5 Å². The van der Waals surface area contributed by atoms with Gasteiger partial charge in [-0.3, -0.25) is 4.90 Å². The Morgan fingerprint density at radius 2 is 2.17 bits per heavy atom. The largest absolute Gasteiger partial charge is 0.389 e. The molecule has 2 rings (SSSR count). The number of hydrogen-bond acceptors (Lipinski definition) is 3. The Balaban J connectivity index is 1.79. The first kappa shape index (κ1) is 8.48. The van der Waals surface area contributed by atoms with E-state index in [-0.39, 0.29) is 12.1 Å². The lowest BCUT2D eigenvalue weighted by Gasteiger charge is -2.43. The molecule has 0 amide bonds. The van der Waals surface area contributed by atoms with E-state index in [2.05, 4.69) is 11.8 Å². The molecule has 0 aliphatic carbocycles. The number of rotatable bonds is 2. The van der Waals surface area contributed by atoms with Crippen LogP contribution in [0.15, 0.2) is 0 Å². The normalized spacial score (nSPS) is 38.5. The van der Waals surface area contributed by atoms with Crippen molar-refractivity contribution in [3.63, 3.8) is 0 Å². The van der Waals surface area contributed by atoms with E-state index >= 15 is 0 Å². The summed E-state index contributed by atoms with van der Waals surface area (Å²) in [7, 11) is 0. The Morgan fingerprint density at radius 1 is 1.42 bits per heavy atom. The van der Waals surface area contributed by atoms with Gasteiger partial charge >= 0.3 is 0 Å². The van der Waals surface area contributed by atoms with E-state index in [0.29, 0.717) is 6.61 Å². The van der Waals surface area contributed by atoms with E-state index < -0.39 is 0 Å². The second-order valence-corrected chi connectivity index (χ2v) is 3.90. The van der Waals surface area contributed by atoms with Gasteiger partial charge in [-0.05, 0) is 5.92 Å². The molecule has 3 heteroatoms. The molecule has 0 unspecified atom stereocenters. The van der Waals surface area contributed by atoms with Gasteiger partial charge in [-0.1, -0.05) is 13.3 Å². The molecule has 1 N–H and O–H groups in total. The van der Waals surface area contributed by atoms with Crippen molar-refractivity contribution in [3.8, 4) is 0 Å². The highest BCUT2D eigenvalue weighted by molar-refractivity contribution is 4.90. The summed E-state index contributed by atoms with van der Waals surface area (Å²) in [6.45, 7) is 5.78. The summed E-state index contributed by atoms with van der Waals surface area (Å²) >= 11 is 0. The van der Waals surface area contributed by atoms with Crippen LogP contribution in [0, 0.1) is 5.92 Å². The molecule has 12 heavy (non-hydrogen) atoms. The van der Waals surface area contributed by atoms with Gasteiger partial charge in [0.25, 0.3) is 0 Å². The van der Waals surface area contributed by atoms with Gasteiger partial charge in [0, 0.05) is 13.1 Å². The first-order valence-electron chi connectivity index (χ1n) is 4.81.